The van der Waals surface area contributed by atoms with Gasteiger partial charge in [0, 0.05) is 23.2 Å². The molecule has 0 saturated carbocycles. The topological polar surface area (TPSA) is 75.4 Å². The van der Waals surface area contributed by atoms with Crippen LogP contribution < -0.4 is 11.1 Å². The molecule has 20 heavy (non-hydrogen) atoms. The van der Waals surface area contributed by atoms with Crippen molar-refractivity contribution < 1.29 is 9.90 Å². The second-order valence-electron chi connectivity index (χ2n) is 4.88. The smallest absolute Gasteiger partial charge is 0.263 e. The number of nitrogen functional groups attached to an aromatic ring is 1. The van der Waals surface area contributed by atoms with Crippen LogP contribution in [0, 0.1) is 6.92 Å². The van der Waals surface area contributed by atoms with Crippen LogP contribution in [-0.4, -0.2) is 24.2 Å². The Hall–Kier alpha value is -1.59. The standard InChI is InChI=1S/C15H20N2O2S/c1-10-5-6-11-12(9-10)20-14(13(11)16)15(19)17-7-3-2-4-8-18/h5-6,9,18H,2-4,7-8,16H2,1H3,(H,17,19). The third-order valence-corrected chi connectivity index (χ3v) is 4.38. The molecule has 2 rings (SSSR count). The Morgan fingerprint density at radius 1 is 1.35 bits per heavy atom. The molecule has 0 spiro atoms. The zero-order valence-electron chi connectivity index (χ0n) is 11.6. The van der Waals surface area contributed by atoms with Crippen molar-refractivity contribution in [1.29, 1.82) is 0 Å². The molecule has 0 saturated heterocycles. The van der Waals surface area contributed by atoms with Crippen LogP contribution in [0.1, 0.15) is 34.5 Å². The molecular weight excluding hydrogens is 272 g/mol. The van der Waals surface area contributed by atoms with Gasteiger partial charge in [-0.15, -0.1) is 11.3 Å². The number of aliphatic hydroxyl groups excluding tert-OH is 1. The second kappa shape index (κ2) is 6.72. The lowest BCUT2D eigenvalue weighted by Gasteiger charge is -2.03. The highest BCUT2D eigenvalue weighted by Gasteiger charge is 2.15. The first-order valence-electron chi connectivity index (χ1n) is 6.81. The van der Waals surface area contributed by atoms with Crippen molar-refractivity contribution in [2.75, 3.05) is 18.9 Å². The molecule has 0 fully saturated rings. The number of nitrogens with two attached hydrogens (primary N) is 1. The summed E-state index contributed by atoms with van der Waals surface area (Å²) in [5.74, 6) is -0.106. The van der Waals surface area contributed by atoms with E-state index in [2.05, 4.69) is 5.32 Å². The average Bonchev–Trinajstić information content (AvgIpc) is 2.75. The van der Waals surface area contributed by atoms with E-state index < -0.39 is 0 Å². The predicted molar refractivity (Wildman–Crippen MR) is 84.2 cm³/mol. The van der Waals surface area contributed by atoms with E-state index in [1.165, 1.54) is 11.3 Å². The molecule has 108 valence electrons. The maximum absolute atomic E-state index is 12.1. The molecule has 1 heterocycles. The number of rotatable bonds is 6. The van der Waals surface area contributed by atoms with E-state index in [1.54, 1.807) is 0 Å². The molecule has 0 unspecified atom stereocenters. The van der Waals surface area contributed by atoms with E-state index in [4.69, 9.17) is 10.8 Å². The number of aryl methyl sites for hydroxylation is 1. The molecular formula is C15H20N2O2S. The zero-order chi connectivity index (χ0) is 14.5. The van der Waals surface area contributed by atoms with Crippen molar-refractivity contribution in [3.63, 3.8) is 0 Å². The number of hydrogen-bond acceptors (Lipinski definition) is 4. The molecule has 0 radical (unpaired) electrons. The first kappa shape index (κ1) is 14.8. The maximum atomic E-state index is 12.1. The van der Waals surface area contributed by atoms with Crippen LogP contribution in [-0.2, 0) is 0 Å². The molecule has 2 aromatic rings. The lowest BCUT2D eigenvalue weighted by Crippen LogP contribution is -2.24. The van der Waals surface area contributed by atoms with Crippen molar-refractivity contribution in [3.8, 4) is 0 Å². The number of amides is 1. The van der Waals surface area contributed by atoms with Crippen LogP contribution >= 0.6 is 11.3 Å². The van der Waals surface area contributed by atoms with Crippen LogP contribution in [0.4, 0.5) is 5.69 Å². The van der Waals surface area contributed by atoms with Crippen molar-refractivity contribution in [3.05, 3.63) is 28.6 Å². The summed E-state index contributed by atoms with van der Waals surface area (Å²) in [6, 6.07) is 6.02. The quantitative estimate of drug-likeness (QED) is 0.717. The van der Waals surface area contributed by atoms with Gasteiger partial charge < -0.3 is 16.2 Å². The van der Waals surface area contributed by atoms with Gasteiger partial charge in [-0.3, -0.25) is 4.79 Å². The number of fused-ring (bicyclic) bond motifs is 1. The molecule has 5 heteroatoms. The Balaban J connectivity index is 2.04. The van der Waals surface area contributed by atoms with Gasteiger partial charge in [-0.05, 0) is 37.8 Å². The number of aliphatic hydroxyl groups is 1. The molecule has 0 bridgehead atoms. The van der Waals surface area contributed by atoms with Crippen LogP contribution in [0.5, 0.6) is 0 Å². The highest BCUT2D eigenvalue weighted by atomic mass is 32.1. The van der Waals surface area contributed by atoms with Gasteiger partial charge in [0.2, 0.25) is 0 Å². The number of anilines is 1. The SMILES string of the molecule is Cc1ccc2c(N)c(C(=O)NCCCCCO)sc2c1. The van der Waals surface area contributed by atoms with Crippen molar-refractivity contribution in [1.82, 2.24) is 5.32 Å². The molecule has 4 N–H and O–H groups in total. The fraction of sp³-hybridized carbons (Fsp3) is 0.400. The number of hydrogen-bond donors (Lipinski definition) is 3. The van der Waals surface area contributed by atoms with Gasteiger partial charge in [0.25, 0.3) is 5.91 Å². The number of benzene rings is 1. The van der Waals surface area contributed by atoms with Crippen LogP contribution in [0.3, 0.4) is 0 Å². The van der Waals surface area contributed by atoms with E-state index in [0.717, 1.165) is 34.9 Å². The first-order valence-corrected chi connectivity index (χ1v) is 7.63. The fourth-order valence-corrected chi connectivity index (χ4v) is 3.23. The van der Waals surface area contributed by atoms with Gasteiger partial charge in [0.1, 0.15) is 4.88 Å². The number of carbonyl (C=O) groups is 1. The summed E-state index contributed by atoms with van der Waals surface area (Å²) in [6.45, 7) is 2.85. The Bertz CT molecular complexity index is 607. The Morgan fingerprint density at radius 3 is 2.90 bits per heavy atom. The third-order valence-electron chi connectivity index (χ3n) is 3.21. The molecule has 0 aliphatic heterocycles. The normalized spacial score (nSPS) is 10.9. The summed E-state index contributed by atoms with van der Waals surface area (Å²) < 4.78 is 1.05. The van der Waals surface area contributed by atoms with Crippen molar-refractivity contribution in [2.45, 2.75) is 26.2 Å². The van der Waals surface area contributed by atoms with Gasteiger partial charge in [-0.1, -0.05) is 12.1 Å². The fourth-order valence-electron chi connectivity index (χ4n) is 2.09. The summed E-state index contributed by atoms with van der Waals surface area (Å²) in [5.41, 5.74) is 7.79. The van der Waals surface area contributed by atoms with E-state index in [9.17, 15) is 4.79 Å². The number of nitrogens with one attached hydrogen (secondary N) is 1. The Kier molecular flexibility index (Phi) is 4.98. The van der Waals surface area contributed by atoms with Crippen molar-refractivity contribution in [2.24, 2.45) is 0 Å². The number of thiophene rings is 1. The molecule has 1 amide bonds. The molecule has 0 atom stereocenters. The van der Waals surface area contributed by atoms with E-state index in [0.29, 0.717) is 17.1 Å². The second-order valence-corrected chi connectivity index (χ2v) is 5.94. The van der Waals surface area contributed by atoms with Crippen LogP contribution in [0.15, 0.2) is 18.2 Å². The van der Waals surface area contributed by atoms with E-state index in [1.807, 2.05) is 25.1 Å². The summed E-state index contributed by atoms with van der Waals surface area (Å²) in [7, 11) is 0. The van der Waals surface area contributed by atoms with Gasteiger partial charge in [0.05, 0.1) is 5.69 Å². The number of carbonyl (C=O) groups excluding carboxylic acids is 1. The monoisotopic (exact) mass is 292 g/mol. The molecule has 0 aliphatic rings. The van der Waals surface area contributed by atoms with Gasteiger partial charge in [-0.2, -0.15) is 0 Å². The highest BCUT2D eigenvalue weighted by molar-refractivity contribution is 7.21. The Labute approximate surface area is 122 Å². The lowest BCUT2D eigenvalue weighted by atomic mass is 10.1. The van der Waals surface area contributed by atoms with Gasteiger partial charge in [0.15, 0.2) is 0 Å². The van der Waals surface area contributed by atoms with E-state index >= 15 is 0 Å². The minimum absolute atomic E-state index is 0.106. The van der Waals surface area contributed by atoms with Crippen LogP contribution in [0.25, 0.3) is 10.1 Å². The largest absolute Gasteiger partial charge is 0.397 e. The van der Waals surface area contributed by atoms with Gasteiger partial charge in [-0.25, -0.2) is 0 Å². The predicted octanol–water partition coefficient (Wildman–Crippen LogP) is 2.68. The average molecular weight is 292 g/mol. The summed E-state index contributed by atoms with van der Waals surface area (Å²) >= 11 is 1.44. The highest BCUT2D eigenvalue weighted by Crippen LogP contribution is 2.34. The lowest BCUT2D eigenvalue weighted by molar-refractivity contribution is 0.0958. The molecule has 1 aromatic carbocycles. The molecule has 4 nitrogen and oxygen atoms in total. The molecule has 0 aliphatic carbocycles. The molecule has 1 aromatic heterocycles. The zero-order valence-corrected chi connectivity index (χ0v) is 12.4. The summed E-state index contributed by atoms with van der Waals surface area (Å²) in [6.07, 6.45) is 2.56. The minimum Gasteiger partial charge on any atom is -0.397 e. The first-order chi connectivity index (χ1) is 9.63. The van der Waals surface area contributed by atoms with E-state index in [-0.39, 0.29) is 12.5 Å². The third kappa shape index (κ3) is 3.29. The Morgan fingerprint density at radius 2 is 2.15 bits per heavy atom. The summed E-state index contributed by atoms with van der Waals surface area (Å²) in [4.78, 5) is 12.7. The van der Waals surface area contributed by atoms with Crippen molar-refractivity contribution >= 4 is 33.0 Å². The maximum Gasteiger partial charge on any atom is 0.263 e. The minimum atomic E-state index is -0.106. The number of unbranched alkanes of at least 4 members (excludes halogenated alkanes) is 2. The van der Waals surface area contributed by atoms with Gasteiger partial charge >= 0.3 is 0 Å². The summed E-state index contributed by atoms with van der Waals surface area (Å²) in [5, 5.41) is 12.5. The van der Waals surface area contributed by atoms with Crippen LogP contribution in [0.2, 0.25) is 0 Å².